The van der Waals surface area contributed by atoms with E-state index in [2.05, 4.69) is 5.32 Å². The lowest BCUT2D eigenvalue weighted by molar-refractivity contribution is 0.151. The van der Waals surface area contributed by atoms with E-state index >= 15 is 0 Å². The maximum atomic E-state index is 12.4. The van der Waals surface area contributed by atoms with E-state index in [1.54, 1.807) is 0 Å². The molecule has 0 aliphatic heterocycles. The van der Waals surface area contributed by atoms with Gasteiger partial charge in [-0.1, -0.05) is 24.3 Å². The highest BCUT2D eigenvalue weighted by Crippen LogP contribution is 2.44. The first-order valence-electron chi connectivity index (χ1n) is 6.84. The van der Waals surface area contributed by atoms with Gasteiger partial charge in [0, 0.05) is 18.2 Å². The quantitative estimate of drug-likeness (QED) is 0.808. The molecule has 0 spiro atoms. The second-order valence-electron chi connectivity index (χ2n) is 5.62. The van der Waals surface area contributed by atoms with Crippen LogP contribution in [0.3, 0.4) is 0 Å². The number of benzene rings is 1. The zero-order chi connectivity index (χ0) is 12.5. The molecule has 2 aliphatic carbocycles. The van der Waals surface area contributed by atoms with Crippen LogP contribution in [0, 0.1) is 11.8 Å². The van der Waals surface area contributed by atoms with Gasteiger partial charge in [0.1, 0.15) is 0 Å². The molecular weight excluding hydrogens is 232 g/mol. The van der Waals surface area contributed by atoms with Gasteiger partial charge in [-0.3, -0.25) is 0 Å². The minimum absolute atomic E-state index is 0.111. The first kappa shape index (κ1) is 12.1. The summed E-state index contributed by atoms with van der Waals surface area (Å²) in [7, 11) is 0. The summed E-state index contributed by atoms with van der Waals surface area (Å²) < 4.78 is 24.9. The third-order valence-corrected chi connectivity index (χ3v) is 4.03. The second kappa shape index (κ2) is 4.96. The van der Waals surface area contributed by atoms with Crippen LogP contribution < -0.4 is 5.32 Å². The Morgan fingerprint density at radius 1 is 1.00 bits per heavy atom. The van der Waals surface area contributed by atoms with Crippen LogP contribution in [-0.2, 0) is 6.54 Å². The zero-order valence-electron chi connectivity index (χ0n) is 10.4. The number of nitrogens with one attached hydrogen (secondary N) is 1. The second-order valence-corrected chi connectivity index (χ2v) is 5.62. The summed E-state index contributed by atoms with van der Waals surface area (Å²) in [6.45, 7) is 0.807. The van der Waals surface area contributed by atoms with Crippen LogP contribution in [0.15, 0.2) is 24.3 Å². The standard InChI is InChI=1S/C15H19F2N/c16-15(17)13-3-1-10(2-4-13)9-18-14(11-5-6-11)12-7-8-12/h1-4,11-12,14-15,18H,5-9H2. The van der Waals surface area contributed by atoms with Crippen LogP contribution in [-0.4, -0.2) is 6.04 Å². The van der Waals surface area contributed by atoms with E-state index < -0.39 is 6.43 Å². The van der Waals surface area contributed by atoms with Gasteiger partial charge in [0.2, 0.25) is 0 Å². The summed E-state index contributed by atoms with van der Waals surface area (Å²) in [4.78, 5) is 0. The summed E-state index contributed by atoms with van der Waals surface area (Å²) in [5.41, 5.74) is 1.21. The molecule has 2 aliphatic rings. The van der Waals surface area contributed by atoms with Gasteiger partial charge >= 0.3 is 0 Å². The molecule has 0 radical (unpaired) electrons. The van der Waals surface area contributed by atoms with Crippen molar-refractivity contribution in [3.8, 4) is 0 Å². The first-order chi connectivity index (χ1) is 8.74. The van der Waals surface area contributed by atoms with Crippen molar-refractivity contribution in [3.63, 3.8) is 0 Å². The van der Waals surface area contributed by atoms with Gasteiger partial charge in [-0.25, -0.2) is 8.78 Å². The number of rotatable bonds is 6. The van der Waals surface area contributed by atoms with Crippen LogP contribution in [0.1, 0.15) is 43.2 Å². The van der Waals surface area contributed by atoms with Gasteiger partial charge in [0.15, 0.2) is 0 Å². The lowest BCUT2D eigenvalue weighted by Crippen LogP contribution is -2.32. The summed E-state index contributed by atoms with van der Waals surface area (Å²) in [5.74, 6) is 1.75. The largest absolute Gasteiger partial charge is 0.309 e. The summed E-state index contributed by atoms with van der Waals surface area (Å²) >= 11 is 0. The highest BCUT2D eigenvalue weighted by molar-refractivity contribution is 5.23. The van der Waals surface area contributed by atoms with E-state index in [1.165, 1.54) is 37.8 Å². The molecule has 1 N–H and O–H groups in total. The molecule has 1 aromatic rings. The van der Waals surface area contributed by atoms with Crippen molar-refractivity contribution in [3.05, 3.63) is 35.4 Å². The van der Waals surface area contributed by atoms with E-state index in [0.29, 0.717) is 6.04 Å². The van der Waals surface area contributed by atoms with Crippen molar-refractivity contribution in [1.82, 2.24) is 5.32 Å². The van der Waals surface area contributed by atoms with Crippen molar-refractivity contribution in [2.45, 2.75) is 44.7 Å². The molecule has 0 heterocycles. The Hall–Kier alpha value is -0.960. The topological polar surface area (TPSA) is 12.0 Å². The van der Waals surface area contributed by atoms with Crippen LogP contribution in [0.25, 0.3) is 0 Å². The van der Waals surface area contributed by atoms with Crippen LogP contribution in [0.4, 0.5) is 8.78 Å². The van der Waals surface area contributed by atoms with E-state index in [-0.39, 0.29) is 5.56 Å². The van der Waals surface area contributed by atoms with Gasteiger partial charge in [-0.05, 0) is 43.1 Å². The average Bonchev–Trinajstić information content (AvgIpc) is 3.24. The van der Waals surface area contributed by atoms with Crippen molar-refractivity contribution >= 4 is 0 Å². The first-order valence-corrected chi connectivity index (χ1v) is 6.84. The Bertz CT molecular complexity index is 381. The summed E-state index contributed by atoms with van der Waals surface area (Å²) in [6.07, 6.45) is 3.08. The highest BCUT2D eigenvalue weighted by Gasteiger charge is 2.40. The van der Waals surface area contributed by atoms with Gasteiger partial charge in [-0.2, -0.15) is 0 Å². The molecule has 18 heavy (non-hydrogen) atoms. The van der Waals surface area contributed by atoms with E-state index in [0.717, 1.165) is 23.9 Å². The molecule has 1 nitrogen and oxygen atoms in total. The van der Waals surface area contributed by atoms with Crippen LogP contribution in [0.2, 0.25) is 0 Å². The molecule has 0 bridgehead atoms. The number of hydrogen-bond donors (Lipinski definition) is 1. The van der Waals surface area contributed by atoms with Crippen molar-refractivity contribution < 1.29 is 8.78 Å². The highest BCUT2D eigenvalue weighted by atomic mass is 19.3. The lowest BCUT2D eigenvalue weighted by Gasteiger charge is -2.17. The fourth-order valence-electron chi connectivity index (χ4n) is 2.65. The smallest absolute Gasteiger partial charge is 0.263 e. The lowest BCUT2D eigenvalue weighted by atomic mass is 10.1. The average molecular weight is 251 g/mol. The van der Waals surface area contributed by atoms with Crippen LogP contribution in [0.5, 0.6) is 0 Å². The Balaban J connectivity index is 1.55. The molecule has 0 atom stereocenters. The molecule has 2 saturated carbocycles. The Morgan fingerprint density at radius 3 is 2.00 bits per heavy atom. The van der Waals surface area contributed by atoms with Gasteiger partial charge in [0.25, 0.3) is 6.43 Å². The molecule has 0 unspecified atom stereocenters. The fourth-order valence-corrected chi connectivity index (χ4v) is 2.65. The normalized spacial score (nSPS) is 19.8. The molecule has 98 valence electrons. The molecule has 3 heteroatoms. The predicted octanol–water partition coefficient (Wildman–Crippen LogP) is 3.90. The molecular formula is C15H19F2N. The van der Waals surface area contributed by atoms with E-state index in [9.17, 15) is 8.78 Å². The third kappa shape index (κ3) is 2.89. The van der Waals surface area contributed by atoms with Gasteiger partial charge < -0.3 is 5.32 Å². The van der Waals surface area contributed by atoms with Gasteiger partial charge in [-0.15, -0.1) is 0 Å². The molecule has 1 aromatic carbocycles. The molecule has 0 aromatic heterocycles. The fraction of sp³-hybridized carbons (Fsp3) is 0.600. The van der Waals surface area contributed by atoms with Gasteiger partial charge in [0.05, 0.1) is 0 Å². The van der Waals surface area contributed by atoms with E-state index in [4.69, 9.17) is 0 Å². The maximum Gasteiger partial charge on any atom is 0.263 e. The molecule has 3 rings (SSSR count). The number of halogens is 2. The molecule has 0 saturated heterocycles. The SMILES string of the molecule is FC(F)c1ccc(CNC(C2CC2)C2CC2)cc1. The molecule has 0 amide bonds. The monoisotopic (exact) mass is 251 g/mol. The number of hydrogen-bond acceptors (Lipinski definition) is 1. The van der Waals surface area contributed by atoms with Crippen molar-refractivity contribution in [2.75, 3.05) is 0 Å². The minimum atomic E-state index is -2.36. The zero-order valence-corrected chi connectivity index (χ0v) is 10.4. The maximum absolute atomic E-state index is 12.4. The minimum Gasteiger partial charge on any atom is -0.309 e. The summed E-state index contributed by atoms with van der Waals surface area (Å²) in [5, 5.41) is 3.62. The Kier molecular flexibility index (Phi) is 3.33. The summed E-state index contributed by atoms with van der Waals surface area (Å²) in [6, 6.07) is 7.35. The van der Waals surface area contributed by atoms with E-state index in [1.807, 2.05) is 12.1 Å². The Morgan fingerprint density at radius 2 is 1.56 bits per heavy atom. The Labute approximate surface area is 107 Å². The third-order valence-electron chi connectivity index (χ3n) is 4.03. The predicted molar refractivity (Wildman–Crippen MR) is 67.5 cm³/mol. The molecule has 2 fully saturated rings. The number of alkyl halides is 2. The van der Waals surface area contributed by atoms with Crippen molar-refractivity contribution in [1.29, 1.82) is 0 Å². The van der Waals surface area contributed by atoms with Crippen molar-refractivity contribution in [2.24, 2.45) is 11.8 Å². The van der Waals surface area contributed by atoms with Crippen LogP contribution >= 0.6 is 0 Å².